The van der Waals surface area contributed by atoms with E-state index in [1.807, 2.05) is 4.57 Å². The molecule has 0 radical (unpaired) electrons. The van der Waals surface area contributed by atoms with E-state index in [2.05, 4.69) is 15.0 Å². The monoisotopic (exact) mass is 272 g/mol. The first-order valence-electron chi connectivity index (χ1n) is 5.35. The number of fused-ring (bicyclic) bond motifs is 1. The van der Waals surface area contributed by atoms with Crippen LogP contribution in [0.15, 0.2) is 6.33 Å². The molecule has 0 amide bonds. The molecule has 0 aliphatic carbocycles. The van der Waals surface area contributed by atoms with Gasteiger partial charge in [0.25, 0.3) is 0 Å². The van der Waals surface area contributed by atoms with E-state index in [0.717, 1.165) is 26.2 Å². The number of hydrogen-bond donors (Lipinski definition) is 0. The second-order valence-electron chi connectivity index (χ2n) is 4.08. The Labute approximate surface area is 108 Å². The number of hydrogen-bond acceptors (Lipinski definition) is 4. The van der Waals surface area contributed by atoms with E-state index in [1.54, 1.807) is 6.33 Å². The summed E-state index contributed by atoms with van der Waals surface area (Å²) in [4.78, 5) is 12.2. The quantitative estimate of drug-likeness (QED) is 0.621. The van der Waals surface area contributed by atoms with Gasteiger partial charge in [0.1, 0.15) is 5.52 Å². The van der Waals surface area contributed by atoms with E-state index in [-0.39, 0.29) is 5.28 Å². The van der Waals surface area contributed by atoms with Crippen LogP contribution < -0.4 is 0 Å². The number of ether oxygens (including phenoxy) is 1. The zero-order valence-corrected chi connectivity index (χ0v) is 10.4. The smallest absolute Gasteiger partial charge is 0.225 e. The highest BCUT2D eigenvalue weighted by Crippen LogP contribution is 2.22. The molecule has 2 aromatic rings. The lowest BCUT2D eigenvalue weighted by Crippen LogP contribution is -2.10. The summed E-state index contributed by atoms with van der Waals surface area (Å²) >= 11 is 11.8. The summed E-state index contributed by atoms with van der Waals surface area (Å²) < 4.78 is 7.30. The van der Waals surface area contributed by atoms with E-state index in [0.29, 0.717) is 22.2 Å². The molecule has 0 unspecified atom stereocenters. The fourth-order valence-electron chi connectivity index (χ4n) is 2.02. The maximum atomic E-state index is 5.96. The molecule has 0 spiro atoms. The first kappa shape index (κ1) is 11.2. The van der Waals surface area contributed by atoms with Crippen molar-refractivity contribution in [2.24, 2.45) is 5.92 Å². The molecule has 5 nitrogen and oxygen atoms in total. The molecule has 0 N–H and O–H groups in total. The lowest BCUT2D eigenvalue weighted by molar-refractivity contribution is 0.182. The fourth-order valence-corrected chi connectivity index (χ4v) is 2.45. The molecule has 0 saturated carbocycles. The first-order chi connectivity index (χ1) is 8.24. The van der Waals surface area contributed by atoms with Crippen LogP contribution in [-0.4, -0.2) is 32.7 Å². The molecule has 1 fully saturated rings. The van der Waals surface area contributed by atoms with Crippen LogP contribution in [0.2, 0.25) is 10.4 Å². The summed E-state index contributed by atoms with van der Waals surface area (Å²) in [6.07, 6.45) is 2.78. The third-order valence-corrected chi connectivity index (χ3v) is 3.31. The van der Waals surface area contributed by atoms with Gasteiger partial charge < -0.3 is 9.30 Å². The van der Waals surface area contributed by atoms with Crippen LogP contribution in [0.25, 0.3) is 11.2 Å². The van der Waals surface area contributed by atoms with Crippen LogP contribution >= 0.6 is 23.2 Å². The Bertz CT molecular complexity index is 550. The van der Waals surface area contributed by atoms with E-state index in [4.69, 9.17) is 27.9 Å². The molecule has 17 heavy (non-hydrogen) atoms. The lowest BCUT2D eigenvalue weighted by Gasteiger charge is -2.08. The molecule has 7 heteroatoms. The summed E-state index contributed by atoms with van der Waals surface area (Å²) in [6, 6.07) is 0. The predicted octanol–water partition coefficient (Wildman–Crippen LogP) is 2.17. The first-order valence-corrected chi connectivity index (χ1v) is 6.11. The van der Waals surface area contributed by atoms with Crippen LogP contribution in [0.1, 0.15) is 6.42 Å². The number of halogens is 2. The van der Waals surface area contributed by atoms with Crippen LogP contribution in [-0.2, 0) is 11.3 Å². The summed E-state index contributed by atoms with van der Waals surface area (Å²) in [5.41, 5.74) is 1.27. The number of imidazole rings is 1. The van der Waals surface area contributed by atoms with E-state index < -0.39 is 0 Å². The van der Waals surface area contributed by atoms with Crippen molar-refractivity contribution in [3.63, 3.8) is 0 Å². The molecule has 3 rings (SSSR count). The molecule has 1 atom stereocenters. The molecule has 0 aromatic carbocycles. The number of nitrogens with zero attached hydrogens (tertiary/aromatic N) is 4. The second-order valence-corrected chi connectivity index (χ2v) is 4.78. The van der Waals surface area contributed by atoms with E-state index >= 15 is 0 Å². The van der Waals surface area contributed by atoms with Gasteiger partial charge in [0.05, 0.1) is 12.9 Å². The minimum Gasteiger partial charge on any atom is -0.381 e. The van der Waals surface area contributed by atoms with Gasteiger partial charge in [-0.2, -0.15) is 4.98 Å². The van der Waals surface area contributed by atoms with Gasteiger partial charge in [-0.05, 0) is 18.0 Å². The third-order valence-electron chi connectivity index (χ3n) is 2.87. The molecular formula is C10H10Cl2N4O. The molecule has 3 heterocycles. The van der Waals surface area contributed by atoms with Crippen molar-refractivity contribution in [3.8, 4) is 0 Å². The largest absolute Gasteiger partial charge is 0.381 e. The van der Waals surface area contributed by atoms with E-state index in [9.17, 15) is 0 Å². The highest BCUT2D eigenvalue weighted by atomic mass is 35.5. The van der Waals surface area contributed by atoms with Gasteiger partial charge in [0.2, 0.25) is 5.28 Å². The minimum atomic E-state index is 0.145. The Balaban J connectivity index is 1.99. The van der Waals surface area contributed by atoms with Crippen molar-refractivity contribution in [3.05, 3.63) is 16.8 Å². The molecule has 2 aromatic heterocycles. The zero-order chi connectivity index (χ0) is 11.8. The van der Waals surface area contributed by atoms with Gasteiger partial charge >= 0.3 is 0 Å². The van der Waals surface area contributed by atoms with Crippen LogP contribution in [0.3, 0.4) is 0 Å². The number of aromatic nitrogens is 4. The van der Waals surface area contributed by atoms with Gasteiger partial charge in [-0.1, -0.05) is 11.6 Å². The Morgan fingerprint density at radius 2 is 2.29 bits per heavy atom. The Hall–Kier alpha value is -0.910. The molecule has 90 valence electrons. The highest BCUT2D eigenvalue weighted by Gasteiger charge is 2.18. The van der Waals surface area contributed by atoms with Gasteiger partial charge in [-0.3, -0.25) is 0 Å². The summed E-state index contributed by atoms with van der Waals surface area (Å²) in [7, 11) is 0. The minimum absolute atomic E-state index is 0.145. The lowest BCUT2D eigenvalue weighted by atomic mass is 10.1. The Kier molecular flexibility index (Phi) is 2.90. The van der Waals surface area contributed by atoms with Crippen LogP contribution in [0.4, 0.5) is 0 Å². The van der Waals surface area contributed by atoms with Gasteiger partial charge in [0.15, 0.2) is 10.8 Å². The molecule has 1 aliphatic heterocycles. The fraction of sp³-hybridized carbons (Fsp3) is 0.500. The zero-order valence-electron chi connectivity index (χ0n) is 8.94. The summed E-state index contributed by atoms with van der Waals surface area (Å²) in [5, 5.41) is 0.438. The average molecular weight is 273 g/mol. The van der Waals surface area contributed by atoms with Crippen molar-refractivity contribution in [2.45, 2.75) is 13.0 Å². The molecule has 1 aliphatic rings. The average Bonchev–Trinajstić information content (AvgIpc) is 2.89. The standard InChI is InChI=1S/C10H10Cl2N4O/c11-8-7-9(15-10(12)14-8)16(5-13-7)3-6-1-2-17-4-6/h5-6H,1-4H2/t6-/m0/s1. The Morgan fingerprint density at radius 1 is 1.41 bits per heavy atom. The Morgan fingerprint density at radius 3 is 3.06 bits per heavy atom. The van der Waals surface area contributed by atoms with Gasteiger partial charge in [0, 0.05) is 19.1 Å². The normalized spacial score (nSPS) is 20.2. The van der Waals surface area contributed by atoms with Crippen molar-refractivity contribution in [1.29, 1.82) is 0 Å². The van der Waals surface area contributed by atoms with Crippen molar-refractivity contribution < 1.29 is 4.74 Å². The van der Waals surface area contributed by atoms with Gasteiger partial charge in [-0.25, -0.2) is 9.97 Å². The molecule has 1 saturated heterocycles. The SMILES string of the molecule is Clc1nc(Cl)c2ncn(C[C@@H]3CCOC3)c2n1. The maximum Gasteiger partial charge on any atom is 0.225 e. The molecule has 0 bridgehead atoms. The van der Waals surface area contributed by atoms with E-state index in [1.165, 1.54) is 0 Å². The topological polar surface area (TPSA) is 52.8 Å². The van der Waals surface area contributed by atoms with Crippen LogP contribution in [0.5, 0.6) is 0 Å². The van der Waals surface area contributed by atoms with Crippen LogP contribution in [0, 0.1) is 5.92 Å². The van der Waals surface area contributed by atoms with Gasteiger partial charge in [-0.15, -0.1) is 0 Å². The predicted molar refractivity (Wildman–Crippen MR) is 64.3 cm³/mol. The molecular weight excluding hydrogens is 263 g/mol. The van der Waals surface area contributed by atoms with Crippen molar-refractivity contribution in [2.75, 3.05) is 13.2 Å². The highest BCUT2D eigenvalue weighted by molar-refractivity contribution is 6.35. The number of rotatable bonds is 2. The third kappa shape index (κ3) is 2.10. The van der Waals surface area contributed by atoms with Crippen molar-refractivity contribution >= 4 is 34.4 Å². The maximum absolute atomic E-state index is 5.96. The summed E-state index contributed by atoms with van der Waals surface area (Å²) in [6.45, 7) is 2.43. The van der Waals surface area contributed by atoms with Crippen molar-refractivity contribution in [1.82, 2.24) is 19.5 Å². The summed E-state index contributed by atoms with van der Waals surface area (Å²) in [5.74, 6) is 0.500. The second kappa shape index (κ2) is 4.40.